The van der Waals surface area contributed by atoms with Crippen LogP contribution >= 0.6 is 0 Å². The Hall–Kier alpha value is -3.09. The van der Waals surface area contributed by atoms with Crippen LogP contribution in [-0.2, 0) is 20.8 Å². The lowest BCUT2D eigenvalue weighted by Crippen LogP contribution is -2.45. The normalized spacial score (nSPS) is 18.8. The number of piperidine rings is 1. The van der Waals surface area contributed by atoms with Gasteiger partial charge < -0.3 is 19.1 Å². The van der Waals surface area contributed by atoms with Gasteiger partial charge in [0.1, 0.15) is 19.0 Å². The molecule has 154 valence electrons. The van der Waals surface area contributed by atoms with Gasteiger partial charge in [0.15, 0.2) is 0 Å². The monoisotopic (exact) mass is 401 g/mol. The predicted molar refractivity (Wildman–Crippen MR) is 104 cm³/mol. The summed E-state index contributed by atoms with van der Waals surface area (Å²) in [6, 6.07) is 15.7. The molecule has 1 fully saturated rings. The number of benzene rings is 2. The van der Waals surface area contributed by atoms with Crippen molar-refractivity contribution in [2.75, 3.05) is 26.8 Å². The summed E-state index contributed by atoms with van der Waals surface area (Å²) in [5.74, 6) is -0.436. The number of nitrogens with zero attached hydrogens (tertiary/aromatic N) is 1. The van der Waals surface area contributed by atoms with Crippen LogP contribution in [0.3, 0.4) is 0 Å². The highest BCUT2D eigenvalue weighted by Crippen LogP contribution is 2.34. The fraction of sp³-hybridized carbons (Fsp3) is 0.364. The highest BCUT2D eigenvalue weighted by atomic mass is 19.1. The topological polar surface area (TPSA) is 65.1 Å². The summed E-state index contributed by atoms with van der Waals surface area (Å²) >= 11 is 0. The molecule has 0 bridgehead atoms. The number of rotatable bonds is 5. The number of ether oxygens (including phenoxy) is 3. The molecule has 0 aromatic heterocycles. The van der Waals surface area contributed by atoms with Gasteiger partial charge in [-0.1, -0.05) is 42.5 Å². The number of carbonyl (C=O) groups excluding carboxylic acids is 2. The summed E-state index contributed by atoms with van der Waals surface area (Å²) in [4.78, 5) is 25.6. The van der Waals surface area contributed by atoms with E-state index in [0.29, 0.717) is 19.5 Å². The van der Waals surface area contributed by atoms with Crippen LogP contribution in [0.1, 0.15) is 23.5 Å². The number of halogens is 1. The van der Waals surface area contributed by atoms with Crippen LogP contribution in [0.15, 0.2) is 54.6 Å². The molecule has 2 atom stereocenters. The maximum atomic E-state index is 13.3. The van der Waals surface area contributed by atoms with Crippen molar-refractivity contribution in [1.82, 2.24) is 4.90 Å². The number of hydrogen-bond acceptors (Lipinski definition) is 5. The third-order valence-corrected chi connectivity index (χ3v) is 5.08. The lowest BCUT2D eigenvalue weighted by Gasteiger charge is -2.37. The van der Waals surface area contributed by atoms with Gasteiger partial charge in [0.2, 0.25) is 0 Å². The molecule has 1 heterocycles. The maximum Gasteiger partial charge on any atom is 0.507 e. The van der Waals surface area contributed by atoms with E-state index in [1.165, 1.54) is 19.2 Å². The van der Waals surface area contributed by atoms with E-state index in [2.05, 4.69) is 4.74 Å². The largest absolute Gasteiger partial charge is 0.507 e. The van der Waals surface area contributed by atoms with Crippen molar-refractivity contribution < 1.29 is 28.2 Å². The third-order valence-electron chi connectivity index (χ3n) is 5.08. The first-order chi connectivity index (χ1) is 14.1. The number of hydrogen-bond donors (Lipinski definition) is 0. The van der Waals surface area contributed by atoms with Crippen LogP contribution in [0, 0.1) is 11.7 Å². The van der Waals surface area contributed by atoms with Gasteiger partial charge in [-0.2, -0.15) is 0 Å². The summed E-state index contributed by atoms with van der Waals surface area (Å²) in [6.45, 7) is 1.16. The molecule has 1 saturated heterocycles. The second kappa shape index (κ2) is 9.91. The summed E-state index contributed by atoms with van der Waals surface area (Å²) in [6.07, 6.45) is -0.525. The Morgan fingerprint density at radius 1 is 1.07 bits per heavy atom. The molecule has 0 N–H and O–H groups in total. The minimum atomic E-state index is -0.772. The molecule has 7 heteroatoms. The van der Waals surface area contributed by atoms with Crippen molar-refractivity contribution in [3.8, 4) is 0 Å². The Labute approximate surface area is 169 Å². The Morgan fingerprint density at radius 2 is 1.79 bits per heavy atom. The van der Waals surface area contributed by atoms with Gasteiger partial charge in [0.05, 0.1) is 7.11 Å². The molecule has 0 saturated carbocycles. The molecule has 1 aliphatic rings. The molecule has 0 aliphatic carbocycles. The van der Waals surface area contributed by atoms with E-state index in [-0.39, 0.29) is 30.9 Å². The molecule has 2 aromatic rings. The molecule has 1 amide bonds. The van der Waals surface area contributed by atoms with Gasteiger partial charge in [0, 0.05) is 19.0 Å². The molecule has 3 rings (SSSR count). The highest BCUT2D eigenvalue weighted by molar-refractivity contribution is 5.68. The maximum absolute atomic E-state index is 13.3. The molecular weight excluding hydrogens is 377 g/mol. The molecule has 2 aromatic carbocycles. The Bertz CT molecular complexity index is 812. The second-order valence-electron chi connectivity index (χ2n) is 6.96. The Balaban J connectivity index is 1.65. The van der Waals surface area contributed by atoms with Gasteiger partial charge in [-0.15, -0.1) is 0 Å². The smallest absolute Gasteiger partial charge is 0.445 e. The van der Waals surface area contributed by atoms with Gasteiger partial charge >= 0.3 is 12.2 Å². The van der Waals surface area contributed by atoms with E-state index < -0.39 is 12.2 Å². The van der Waals surface area contributed by atoms with E-state index in [0.717, 1.165) is 11.1 Å². The minimum Gasteiger partial charge on any atom is -0.445 e. The molecule has 0 radical (unpaired) electrons. The number of amides is 1. The van der Waals surface area contributed by atoms with E-state index in [9.17, 15) is 14.0 Å². The van der Waals surface area contributed by atoms with E-state index in [1.807, 2.05) is 30.3 Å². The van der Waals surface area contributed by atoms with Gasteiger partial charge in [0.25, 0.3) is 0 Å². The Morgan fingerprint density at radius 3 is 2.48 bits per heavy atom. The average molecular weight is 401 g/mol. The zero-order valence-electron chi connectivity index (χ0n) is 16.3. The lowest BCUT2D eigenvalue weighted by molar-refractivity contribution is 0.0321. The van der Waals surface area contributed by atoms with Crippen LogP contribution in [-0.4, -0.2) is 44.0 Å². The van der Waals surface area contributed by atoms with E-state index in [4.69, 9.17) is 9.47 Å². The van der Waals surface area contributed by atoms with Crippen molar-refractivity contribution in [1.29, 1.82) is 0 Å². The van der Waals surface area contributed by atoms with Gasteiger partial charge in [-0.25, -0.2) is 14.0 Å². The van der Waals surface area contributed by atoms with Crippen molar-refractivity contribution in [3.05, 3.63) is 71.5 Å². The standard InChI is InChI=1S/C22H24FNO5/c1-27-22(26)29-15-18-13-24(21(25)28-14-16-5-3-2-4-6-16)12-11-20(18)17-7-9-19(23)10-8-17/h2-10,18,20H,11-15H2,1H3/t18-,20-/m1/s1. The molecule has 29 heavy (non-hydrogen) atoms. The first-order valence-electron chi connectivity index (χ1n) is 9.48. The summed E-state index contributed by atoms with van der Waals surface area (Å²) < 4.78 is 28.4. The number of likely N-dealkylation sites (tertiary alicyclic amines) is 1. The van der Waals surface area contributed by atoms with Crippen LogP contribution < -0.4 is 0 Å². The zero-order chi connectivity index (χ0) is 20.6. The zero-order valence-corrected chi connectivity index (χ0v) is 16.3. The van der Waals surface area contributed by atoms with Gasteiger partial charge in [-0.3, -0.25) is 0 Å². The summed E-state index contributed by atoms with van der Waals surface area (Å²) in [7, 11) is 1.24. The van der Waals surface area contributed by atoms with Crippen LogP contribution in [0.2, 0.25) is 0 Å². The van der Waals surface area contributed by atoms with Crippen LogP contribution in [0.25, 0.3) is 0 Å². The molecule has 0 unspecified atom stereocenters. The number of carbonyl (C=O) groups is 2. The van der Waals surface area contributed by atoms with Crippen molar-refractivity contribution in [3.63, 3.8) is 0 Å². The van der Waals surface area contributed by atoms with E-state index in [1.54, 1.807) is 17.0 Å². The SMILES string of the molecule is COC(=O)OC[C@H]1CN(C(=O)OCc2ccccc2)CC[C@@H]1c1ccc(F)cc1. The lowest BCUT2D eigenvalue weighted by atomic mass is 9.81. The second-order valence-corrected chi connectivity index (χ2v) is 6.96. The van der Waals surface area contributed by atoms with E-state index >= 15 is 0 Å². The first-order valence-corrected chi connectivity index (χ1v) is 9.48. The first kappa shape index (κ1) is 20.6. The quantitative estimate of drug-likeness (QED) is 0.697. The molecule has 6 nitrogen and oxygen atoms in total. The average Bonchev–Trinajstić information content (AvgIpc) is 2.77. The molecule has 0 spiro atoms. The van der Waals surface area contributed by atoms with Crippen LogP contribution in [0.5, 0.6) is 0 Å². The van der Waals surface area contributed by atoms with Crippen molar-refractivity contribution in [2.24, 2.45) is 5.92 Å². The van der Waals surface area contributed by atoms with Crippen molar-refractivity contribution >= 4 is 12.2 Å². The number of methoxy groups -OCH3 is 1. The Kier molecular flexibility index (Phi) is 7.05. The van der Waals surface area contributed by atoms with Gasteiger partial charge in [-0.05, 0) is 35.6 Å². The fourth-order valence-corrected chi connectivity index (χ4v) is 3.56. The minimum absolute atomic E-state index is 0.0263. The fourth-order valence-electron chi connectivity index (χ4n) is 3.56. The molecule has 1 aliphatic heterocycles. The third kappa shape index (κ3) is 5.70. The van der Waals surface area contributed by atoms with Crippen LogP contribution in [0.4, 0.5) is 14.0 Å². The van der Waals surface area contributed by atoms with Crippen molar-refractivity contribution in [2.45, 2.75) is 18.9 Å². The summed E-state index contributed by atoms with van der Waals surface area (Å²) in [5, 5.41) is 0. The molecular formula is C22H24FNO5. The summed E-state index contributed by atoms with van der Waals surface area (Å²) in [5.41, 5.74) is 1.86. The highest BCUT2D eigenvalue weighted by Gasteiger charge is 2.34. The predicted octanol–water partition coefficient (Wildman–Crippen LogP) is 4.35.